The van der Waals surface area contributed by atoms with E-state index in [-0.39, 0.29) is 0 Å². The van der Waals surface area contributed by atoms with Crippen LogP contribution in [0.1, 0.15) is 45.7 Å². The second kappa shape index (κ2) is 6.42. The number of rotatable bonds is 1. The summed E-state index contributed by atoms with van der Waals surface area (Å²) < 4.78 is 0. The van der Waals surface area contributed by atoms with Crippen molar-refractivity contribution in [3.8, 4) is 0 Å². The zero-order chi connectivity index (χ0) is 11.1. The third kappa shape index (κ3) is 3.78. The Hall–Kier alpha value is -1.04. The van der Waals surface area contributed by atoms with Gasteiger partial charge in [-0.3, -0.25) is 0 Å². The van der Waals surface area contributed by atoms with Gasteiger partial charge in [-0.1, -0.05) is 49.2 Å². The molecular formula is C14H22. The van der Waals surface area contributed by atoms with E-state index >= 15 is 0 Å². The molecule has 0 aliphatic heterocycles. The Labute approximate surface area is 88.7 Å². The number of allylic oxidation sites excluding steroid dienone is 2. The minimum absolute atomic E-state index is 1.32. The number of hydrogen-bond acceptors (Lipinski definition) is 0. The van der Waals surface area contributed by atoms with Crippen molar-refractivity contribution in [2.24, 2.45) is 0 Å². The average molecular weight is 190 g/mol. The lowest BCUT2D eigenvalue weighted by atomic mass is 10.0. The molecule has 78 valence electrons. The molecule has 0 aromatic heterocycles. The summed E-state index contributed by atoms with van der Waals surface area (Å²) in [5.41, 5.74) is 5.43. The van der Waals surface area contributed by atoms with E-state index in [1.807, 2.05) is 13.8 Å². The van der Waals surface area contributed by atoms with Gasteiger partial charge in [0.2, 0.25) is 0 Å². The molecule has 1 aromatic carbocycles. The topological polar surface area (TPSA) is 0 Å². The molecule has 0 saturated carbocycles. The first-order valence-corrected chi connectivity index (χ1v) is 5.32. The van der Waals surface area contributed by atoms with E-state index < -0.39 is 0 Å². The van der Waals surface area contributed by atoms with Crippen LogP contribution in [0.25, 0.3) is 5.57 Å². The highest BCUT2D eigenvalue weighted by molar-refractivity contribution is 5.66. The molecule has 0 aliphatic carbocycles. The van der Waals surface area contributed by atoms with Crippen molar-refractivity contribution in [1.29, 1.82) is 0 Å². The summed E-state index contributed by atoms with van der Waals surface area (Å²) in [5, 5.41) is 0. The fraction of sp³-hybridized carbons (Fsp3) is 0.429. The number of benzene rings is 1. The monoisotopic (exact) mass is 190 g/mol. The maximum atomic E-state index is 2.18. The summed E-state index contributed by atoms with van der Waals surface area (Å²) in [7, 11) is 0. The molecule has 0 N–H and O–H groups in total. The Morgan fingerprint density at radius 1 is 0.857 bits per heavy atom. The van der Waals surface area contributed by atoms with Gasteiger partial charge in [-0.05, 0) is 38.8 Å². The van der Waals surface area contributed by atoms with E-state index in [1.54, 1.807) is 0 Å². The van der Waals surface area contributed by atoms with Crippen LogP contribution in [-0.2, 0) is 0 Å². The second-order valence-electron chi connectivity index (χ2n) is 3.49. The predicted octanol–water partition coefficient (Wildman–Crippen LogP) is 4.83. The Morgan fingerprint density at radius 2 is 1.29 bits per heavy atom. The van der Waals surface area contributed by atoms with Crippen LogP contribution in [0, 0.1) is 6.92 Å². The molecule has 0 bridgehead atoms. The Kier molecular flexibility index (Phi) is 5.94. The van der Waals surface area contributed by atoms with Gasteiger partial charge >= 0.3 is 0 Å². The lowest BCUT2D eigenvalue weighted by molar-refractivity contribution is 1.35. The smallest absolute Gasteiger partial charge is 0.0228 e. The Morgan fingerprint density at radius 3 is 1.64 bits per heavy atom. The van der Waals surface area contributed by atoms with E-state index in [2.05, 4.69) is 52.0 Å². The molecule has 0 amide bonds. The summed E-state index contributed by atoms with van der Waals surface area (Å²) in [5.74, 6) is 0. The normalized spacial score (nSPS) is 8.71. The van der Waals surface area contributed by atoms with Gasteiger partial charge in [0.15, 0.2) is 0 Å². The maximum Gasteiger partial charge on any atom is -0.0228 e. The molecule has 0 radical (unpaired) electrons. The molecule has 0 aliphatic rings. The molecule has 0 fully saturated rings. The van der Waals surface area contributed by atoms with Crippen LogP contribution in [0.5, 0.6) is 0 Å². The van der Waals surface area contributed by atoms with Crippen molar-refractivity contribution < 1.29 is 0 Å². The third-order valence-corrected chi connectivity index (χ3v) is 2.23. The number of aryl methyl sites for hydroxylation is 1. The van der Waals surface area contributed by atoms with E-state index in [0.717, 1.165) is 0 Å². The van der Waals surface area contributed by atoms with Gasteiger partial charge in [0, 0.05) is 0 Å². The molecule has 0 unspecified atom stereocenters. The fourth-order valence-corrected chi connectivity index (χ4v) is 1.09. The van der Waals surface area contributed by atoms with Crippen LogP contribution in [0.4, 0.5) is 0 Å². The van der Waals surface area contributed by atoms with Crippen LogP contribution in [-0.4, -0.2) is 0 Å². The lowest BCUT2D eigenvalue weighted by Crippen LogP contribution is -1.82. The highest BCUT2D eigenvalue weighted by Gasteiger charge is 1.95. The van der Waals surface area contributed by atoms with E-state index in [0.29, 0.717) is 0 Å². The Balaban J connectivity index is 0.000000791. The molecule has 0 atom stereocenters. The third-order valence-electron chi connectivity index (χ3n) is 2.23. The first-order valence-electron chi connectivity index (χ1n) is 5.32. The zero-order valence-electron chi connectivity index (χ0n) is 10.3. The van der Waals surface area contributed by atoms with Crippen molar-refractivity contribution in [2.75, 3.05) is 0 Å². The summed E-state index contributed by atoms with van der Waals surface area (Å²) in [6.07, 6.45) is 0. The predicted molar refractivity (Wildman–Crippen MR) is 66.5 cm³/mol. The van der Waals surface area contributed by atoms with Crippen LogP contribution in [0.2, 0.25) is 0 Å². The molecule has 0 nitrogen and oxygen atoms in total. The summed E-state index contributed by atoms with van der Waals surface area (Å²) in [6.45, 7) is 12.6. The van der Waals surface area contributed by atoms with Crippen molar-refractivity contribution in [2.45, 2.75) is 41.5 Å². The SMILES string of the molecule is CC.CC(C)=C(C)c1ccc(C)cc1. The van der Waals surface area contributed by atoms with Crippen molar-refractivity contribution in [1.82, 2.24) is 0 Å². The molecular weight excluding hydrogens is 168 g/mol. The summed E-state index contributed by atoms with van der Waals surface area (Å²) in [6, 6.07) is 8.67. The molecule has 0 heteroatoms. The van der Waals surface area contributed by atoms with Gasteiger partial charge in [-0.25, -0.2) is 0 Å². The zero-order valence-corrected chi connectivity index (χ0v) is 10.3. The van der Waals surface area contributed by atoms with E-state index in [4.69, 9.17) is 0 Å². The highest BCUT2D eigenvalue weighted by Crippen LogP contribution is 2.17. The van der Waals surface area contributed by atoms with Gasteiger partial charge < -0.3 is 0 Å². The second-order valence-corrected chi connectivity index (χ2v) is 3.49. The van der Waals surface area contributed by atoms with Crippen LogP contribution >= 0.6 is 0 Å². The van der Waals surface area contributed by atoms with E-state index in [1.165, 1.54) is 22.3 Å². The maximum absolute atomic E-state index is 2.18. The van der Waals surface area contributed by atoms with Gasteiger partial charge in [0.1, 0.15) is 0 Å². The largest absolute Gasteiger partial charge is 0.0729 e. The van der Waals surface area contributed by atoms with Gasteiger partial charge in [0.25, 0.3) is 0 Å². The molecule has 1 rings (SSSR count). The van der Waals surface area contributed by atoms with Crippen LogP contribution in [0.3, 0.4) is 0 Å². The van der Waals surface area contributed by atoms with Gasteiger partial charge in [-0.15, -0.1) is 0 Å². The van der Waals surface area contributed by atoms with Crippen molar-refractivity contribution in [3.63, 3.8) is 0 Å². The molecule has 0 heterocycles. The van der Waals surface area contributed by atoms with Crippen LogP contribution < -0.4 is 0 Å². The van der Waals surface area contributed by atoms with Crippen LogP contribution in [0.15, 0.2) is 29.8 Å². The molecule has 14 heavy (non-hydrogen) atoms. The molecule has 0 saturated heterocycles. The van der Waals surface area contributed by atoms with Gasteiger partial charge in [0.05, 0.1) is 0 Å². The lowest BCUT2D eigenvalue weighted by Gasteiger charge is -2.03. The summed E-state index contributed by atoms with van der Waals surface area (Å²) >= 11 is 0. The summed E-state index contributed by atoms with van der Waals surface area (Å²) in [4.78, 5) is 0. The molecule has 1 aromatic rings. The molecule has 0 spiro atoms. The number of hydrogen-bond donors (Lipinski definition) is 0. The van der Waals surface area contributed by atoms with Gasteiger partial charge in [-0.2, -0.15) is 0 Å². The first-order chi connectivity index (χ1) is 6.61. The minimum atomic E-state index is 1.32. The van der Waals surface area contributed by atoms with Crippen molar-refractivity contribution >= 4 is 5.57 Å². The standard InChI is InChI=1S/C12H16.C2H6/c1-9(2)11(4)12-7-5-10(3)6-8-12;1-2/h5-8H,1-4H3;1-2H3. The van der Waals surface area contributed by atoms with E-state index in [9.17, 15) is 0 Å². The fourth-order valence-electron chi connectivity index (χ4n) is 1.09. The quantitative estimate of drug-likeness (QED) is 0.594. The minimum Gasteiger partial charge on any atom is -0.0729 e. The first kappa shape index (κ1) is 13.0. The van der Waals surface area contributed by atoms with Crippen molar-refractivity contribution in [3.05, 3.63) is 41.0 Å². The Bertz CT molecular complexity index is 284. The highest BCUT2D eigenvalue weighted by atomic mass is 14.0. The average Bonchev–Trinajstić information content (AvgIpc) is 2.21.